The fourth-order valence-electron chi connectivity index (χ4n) is 0.983. The third kappa shape index (κ3) is 3.14. The lowest BCUT2D eigenvalue weighted by atomic mass is 10.2. The first kappa shape index (κ1) is 10.2. The van der Waals surface area contributed by atoms with Crippen LogP contribution in [-0.2, 0) is 4.79 Å². The Balaban J connectivity index is 2.48. The first-order valence-electron chi connectivity index (χ1n) is 4.26. The van der Waals surface area contributed by atoms with Crippen LogP contribution in [0.15, 0.2) is 5.38 Å². The molecule has 0 aliphatic heterocycles. The van der Waals surface area contributed by atoms with Crippen molar-refractivity contribution in [3.05, 3.63) is 16.1 Å². The summed E-state index contributed by atoms with van der Waals surface area (Å²) in [6.07, 6.45) is 0. The van der Waals surface area contributed by atoms with E-state index in [1.165, 1.54) is 6.92 Å². The second kappa shape index (κ2) is 4.37. The molecular formula is C9H14N2OS. The normalized spacial score (nSPS) is 12.5. The number of hydrogen-bond acceptors (Lipinski definition) is 3. The summed E-state index contributed by atoms with van der Waals surface area (Å²) in [4.78, 5) is 15.0. The fourth-order valence-corrected chi connectivity index (χ4v) is 1.84. The van der Waals surface area contributed by atoms with Crippen LogP contribution < -0.4 is 5.32 Å². The fraction of sp³-hybridized carbons (Fsp3) is 0.556. The second-order valence-electron chi connectivity index (χ2n) is 3.17. The molecule has 0 saturated carbocycles. The van der Waals surface area contributed by atoms with Crippen molar-refractivity contribution in [2.45, 2.75) is 26.7 Å². The largest absolute Gasteiger partial charge is 0.356 e. The first-order chi connectivity index (χ1) is 6.09. The molecule has 1 aromatic rings. The van der Waals surface area contributed by atoms with E-state index in [1.807, 2.05) is 12.3 Å². The predicted octanol–water partition coefficient (Wildman–Crippen LogP) is 1.69. The Kier molecular flexibility index (Phi) is 3.42. The standard InChI is InChI=1S/C9H14N2OS/c1-6(4-10-8(3)12)9-11-7(2)5-13-9/h5-6H,4H2,1-3H3,(H,10,12). The molecule has 1 unspecified atom stereocenters. The summed E-state index contributed by atoms with van der Waals surface area (Å²) in [5, 5.41) is 5.90. The van der Waals surface area contributed by atoms with Crippen LogP contribution in [0.2, 0.25) is 0 Å². The SMILES string of the molecule is CC(=O)NCC(C)c1nc(C)cs1. The number of aromatic nitrogens is 1. The summed E-state index contributed by atoms with van der Waals surface area (Å²) >= 11 is 1.65. The van der Waals surface area contributed by atoms with Gasteiger partial charge in [0.1, 0.15) is 0 Å². The molecule has 1 amide bonds. The van der Waals surface area contributed by atoms with Crippen LogP contribution in [0, 0.1) is 6.92 Å². The van der Waals surface area contributed by atoms with Crippen LogP contribution in [0.5, 0.6) is 0 Å². The molecule has 1 heterocycles. The molecule has 3 nitrogen and oxygen atoms in total. The van der Waals surface area contributed by atoms with Gasteiger partial charge in [-0.1, -0.05) is 6.92 Å². The van der Waals surface area contributed by atoms with Crippen LogP contribution in [0.1, 0.15) is 30.5 Å². The van der Waals surface area contributed by atoms with Gasteiger partial charge >= 0.3 is 0 Å². The lowest BCUT2D eigenvalue weighted by molar-refractivity contribution is -0.119. The number of nitrogens with one attached hydrogen (secondary N) is 1. The van der Waals surface area contributed by atoms with Gasteiger partial charge in [0.25, 0.3) is 0 Å². The van der Waals surface area contributed by atoms with Gasteiger partial charge in [0.05, 0.1) is 5.01 Å². The Hall–Kier alpha value is -0.900. The van der Waals surface area contributed by atoms with Crippen molar-refractivity contribution in [1.29, 1.82) is 0 Å². The third-order valence-electron chi connectivity index (χ3n) is 1.72. The zero-order chi connectivity index (χ0) is 9.84. The molecule has 13 heavy (non-hydrogen) atoms. The van der Waals surface area contributed by atoms with Gasteiger partial charge in [0, 0.05) is 30.5 Å². The van der Waals surface area contributed by atoms with Crippen LogP contribution in [0.4, 0.5) is 0 Å². The maximum Gasteiger partial charge on any atom is 0.216 e. The average molecular weight is 198 g/mol. The molecule has 0 spiro atoms. The highest BCUT2D eigenvalue weighted by Crippen LogP contribution is 2.18. The van der Waals surface area contributed by atoms with Crippen molar-refractivity contribution in [3.63, 3.8) is 0 Å². The molecular weight excluding hydrogens is 184 g/mol. The molecule has 1 N–H and O–H groups in total. The Labute approximate surface area is 82.2 Å². The molecule has 0 aliphatic carbocycles. The summed E-state index contributed by atoms with van der Waals surface area (Å²) < 4.78 is 0. The number of carbonyl (C=O) groups excluding carboxylic acids is 1. The molecule has 4 heteroatoms. The number of amides is 1. The van der Waals surface area contributed by atoms with Gasteiger partial charge in [-0.3, -0.25) is 4.79 Å². The van der Waals surface area contributed by atoms with Gasteiger partial charge in [-0.05, 0) is 6.92 Å². The lowest BCUT2D eigenvalue weighted by Crippen LogP contribution is -2.24. The number of aryl methyl sites for hydroxylation is 1. The molecule has 1 rings (SSSR count). The van der Waals surface area contributed by atoms with Crippen molar-refractivity contribution in [2.24, 2.45) is 0 Å². The van der Waals surface area contributed by atoms with Crippen molar-refractivity contribution < 1.29 is 4.79 Å². The van der Waals surface area contributed by atoms with Crippen molar-refractivity contribution in [2.75, 3.05) is 6.54 Å². The highest BCUT2D eigenvalue weighted by Gasteiger charge is 2.09. The van der Waals surface area contributed by atoms with Gasteiger partial charge in [-0.2, -0.15) is 0 Å². The average Bonchev–Trinajstić information content (AvgIpc) is 2.47. The Morgan fingerprint density at radius 1 is 1.77 bits per heavy atom. The maximum atomic E-state index is 10.7. The summed E-state index contributed by atoms with van der Waals surface area (Å²) in [5.74, 6) is 0.322. The van der Waals surface area contributed by atoms with Crippen molar-refractivity contribution >= 4 is 17.2 Å². The monoisotopic (exact) mass is 198 g/mol. The van der Waals surface area contributed by atoms with E-state index in [4.69, 9.17) is 0 Å². The zero-order valence-corrected chi connectivity index (χ0v) is 8.94. The molecule has 0 aliphatic rings. The van der Waals surface area contributed by atoms with Crippen molar-refractivity contribution in [1.82, 2.24) is 10.3 Å². The van der Waals surface area contributed by atoms with Crippen LogP contribution in [-0.4, -0.2) is 17.4 Å². The van der Waals surface area contributed by atoms with Gasteiger partial charge in [-0.15, -0.1) is 11.3 Å². The third-order valence-corrected chi connectivity index (χ3v) is 2.91. The van der Waals surface area contributed by atoms with E-state index < -0.39 is 0 Å². The highest BCUT2D eigenvalue weighted by molar-refractivity contribution is 7.09. The van der Waals surface area contributed by atoms with Gasteiger partial charge in [0.15, 0.2) is 0 Å². The number of carbonyl (C=O) groups is 1. The topological polar surface area (TPSA) is 42.0 Å². The number of hydrogen-bond donors (Lipinski definition) is 1. The van der Waals surface area contributed by atoms with E-state index in [0.29, 0.717) is 12.5 Å². The van der Waals surface area contributed by atoms with Gasteiger partial charge in [-0.25, -0.2) is 4.98 Å². The van der Waals surface area contributed by atoms with E-state index in [9.17, 15) is 4.79 Å². The van der Waals surface area contributed by atoms with Crippen LogP contribution >= 0.6 is 11.3 Å². The summed E-state index contributed by atoms with van der Waals surface area (Å²) in [7, 11) is 0. The number of rotatable bonds is 3. The molecule has 0 aromatic carbocycles. The van der Waals surface area contributed by atoms with E-state index in [1.54, 1.807) is 11.3 Å². The summed E-state index contributed by atoms with van der Waals surface area (Å²) in [5.41, 5.74) is 1.05. The lowest BCUT2D eigenvalue weighted by Gasteiger charge is -2.07. The minimum atomic E-state index is 0.0140. The molecule has 0 saturated heterocycles. The molecule has 1 atom stereocenters. The van der Waals surface area contributed by atoms with Crippen molar-refractivity contribution in [3.8, 4) is 0 Å². The Bertz CT molecular complexity index is 296. The summed E-state index contributed by atoms with van der Waals surface area (Å²) in [6, 6.07) is 0. The van der Waals surface area contributed by atoms with E-state index in [0.717, 1.165) is 10.7 Å². The van der Waals surface area contributed by atoms with Crippen LogP contribution in [0.3, 0.4) is 0 Å². The molecule has 72 valence electrons. The maximum absolute atomic E-state index is 10.7. The zero-order valence-electron chi connectivity index (χ0n) is 8.13. The minimum absolute atomic E-state index is 0.0140. The van der Waals surface area contributed by atoms with Gasteiger partial charge < -0.3 is 5.32 Å². The van der Waals surface area contributed by atoms with E-state index in [2.05, 4.69) is 17.2 Å². The van der Waals surface area contributed by atoms with E-state index in [-0.39, 0.29) is 5.91 Å². The quantitative estimate of drug-likeness (QED) is 0.803. The smallest absolute Gasteiger partial charge is 0.216 e. The second-order valence-corrected chi connectivity index (χ2v) is 4.05. The number of nitrogens with zero attached hydrogens (tertiary/aromatic N) is 1. The van der Waals surface area contributed by atoms with Crippen LogP contribution in [0.25, 0.3) is 0 Å². The molecule has 1 aromatic heterocycles. The van der Waals surface area contributed by atoms with E-state index >= 15 is 0 Å². The molecule has 0 radical (unpaired) electrons. The molecule has 0 fully saturated rings. The minimum Gasteiger partial charge on any atom is -0.356 e. The Morgan fingerprint density at radius 2 is 2.46 bits per heavy atom. The number of thiazole rings is 1. The highest BCUT2D eigenvalue weighted by atomic mass is 32.1. The Morgan fingerprint density at radius 3 is 2.92 bits per heavy atom. The predicted molar refractivity (Wildman–Crippen MR) is 53.9 cm³/mol. The first-order valence-corrected chi connectivity index (χ1v) is 5.14. The van der Waals surface area contributed by atoms with Gasteiger partial charge in [0.2, 0.25) is 5.91 Å². The summed E-state index contributed by atoms with van der Waals surface area (Å²) in [6.45, 7) is 6.24. The molecule has 0 bridgehead atoms.